The summed E-state index contributed by atoms with van der Waals surface area (Å²) in [5, 5.41) is 19.9. The summed E-state index contributed by atoms with van der Waals surface area (Å²) >= 11 is 8.03. The molecule has 3 aromatic heterocycles. The second kappa shape index (κ2) is 8.52. The number of rotatable bonds is 6. The molecule has 3 heterocycles. The number of carbonyl (C=O) groups is 1. The molecule has 4 rings (SSSR count). The van der Waals surface area contributed by atoms with Crippen LogP contribution in [0.25, 0.3) is 9.88 Å². The van der Waals surface area contributed by atoms with Gasteiger partial charge in [-0.2, -0.15) is 0 Å². The van der Waals surface area contributed by atoms with E-state index >= 15 is 0 Å². The highest BCUT2D eigenvalue weighted by Gasteiger charge is 2.14. The Morgan fingerprint density at radius 1 is 1.32 bits per heavy atom. The number of thiazole rings is 1. The van der Waals surface area contributed by atoms with Gasteiger partial charge in [0, 0.05) is 21.8 Å². The SMILES string of the molecule is Cn1nnnc1Sc1ccc(Br)cc1NC(=O)Cc1csc(-c2cccs2)n1. The average Bonchev–Trinajstić information content (AvgIpc) is 3.40. The normalized spacial score (nSPS) is 10.9. The van der Waals surface area contributed by atoms with E-state index in [1.807, 2.05) is 41.1 Å². The molecule has 0 fully saturated rings. The number of carbonyl (C=O) groups excluding carboxylic acids is 1. The maximum atomic E-state index is 12.6. The zero-order chi connectivity index (χ0) is 19.5. The third-order valence-corrected chi connectivity index (χ3v) is 7.15. The van der Waals surface area contributed by atoms with Crippen LogP contribution in [0.2, 0.25) is 0 Å². The van der Waals surface area contributed by atoms with Crippen molar-refractivity contribution in [3.05, 3.63) is 51.3 Å². The van der Waals surface area contributed by atoms with Gasteiger partial charge in [0.15, 0.2) is 0 Å². The Balaban J connectivity index is 1.48. The Morgan fingerprint density at radius 3 is 2.96 bits per heavy atom. The van der Waals surface area contributed by atoms with Crippen molar-refractivity contribution in [1.82, 2.24) is 25.2 Å². The van der Waals surface area contributed by atoms with E-state index in [-0.39, 0.29) is 12.3 Å². The Kier molecular flexibility index (Phi) is 5.85. The number of thiophene rings is 1. The quantitative estimate of drug-likeness (QED) is 0.426. The number of amides is 1. The average molecular weight is 493 g/mol. The van der Waals surface area contributed by atoms with Crippen molar-refractivity contribution in [1.29, 1.82) is 0 Å². The van der Waals surface area contributed by atoms with Crippen molar-refractivity contribution < 1.29 is 4.79 Å². The van der Waals surface area contributed by atoms with Crippen LogP contribution >= 0.6 is 50.4 Å². The first kappa shape index (κ1) is 19.2. The second-order valence-corrected chi connectivity index (χ2v) is 9.40. The van der Waals surface area contributed by atoms with E-state index in [4.69, 9.17) is 0 Å². The number of anilines is 1. The van der Waals surface area contributed by atoms with E-state index in [2.05, 4.69) is 41.8 Å². The molecule has 1 N–H and O–H groups in total. The van der Waals surface area contributed by atoms with Crippen LogP contribution in [0.15, 0.2) is 55.6 Å². The molecule has 0 atom stereocenters. The highest BCUT2D eigenvalue weighted by Crippen LogP contribution is 2.34. The zero-order valence-electron chi connectivity index (χ0n) is 14.5. The van der Waals surface area contributed by atoms with Gasteiger partial charge in [0.2, 0.25) is 11.1 Å². The first-order chi connectivity index (χ1) is 13.6. The molecule has 0 aliphatic heterocycles. The van der Waals surface area contributed by atoms with Crippen molar-refractivity contribution in [2.45, 2.75) is 16.5 Å². The molecule has 0 unspecified atom stereocenters. The summed E-state index contributed by atoms with van der Waals surface area (Å²) in [5.41, 5.74) is 1.45. The fraction of sp³-hybridized carbons (Fsp3) is 0.118. The van der Waals surface area contributed by atoms with Crippen molar-refractivity contribution >= 4 is 62.0 Å². The number of aromatic nitrogens is 5. The van der Waals surface area contributed by atoms with Crippen LogP contribution < -0.4 is 5.32 Å². The first-order valence-corrected chi connectivity index (χ1v) is 11.4. The van der Waals surface area contributed by atoms with Gasteiger partial charge < -0.3 is 5.32 Å². The molecule has 1 amide bonds. The summed E-state index contributed by atoms with van der Waals surface area (Å²) in [5.74, 6) is -0.126. The summed E-state index contributed by atoms with van der Waals surface area (Å²) in [6.07, 6.45) is 0.212. The van der Waals surface area contributed by atoms with Crippen LogP contribution in [-0.2, 0) is 18.3 Å². The standard InChI is InChI=1S/C17H13BrN6OS3/c1-24-17(21-22-23-24)28-13-5-4-10(18)7-12(13)20-15(25)8-11-9-27-16(19-11)14-3-2-6-26-14/h2-7,9H,8H2,1H3,(H,20,25). The lowest BCUT2D eigenvalue weighted by Gasteiger charge is -2.10. The maximum absolute atomic E-state index is 12.6. The topological polar surface area (TPSA) is 85.6 Å². The van der Waals surface area contributed by atoms with Crippen LogP contribution in [0.4, 0.5) is 5.69 Å². The fourth-order valence-electron chi connectivity index (χ4n) is 2.36. The molecule has 0 aliphatic carbocycles. The lowest BCUT2D eigenvalue weighted by atomic mass is 10.3. The Hall–Kier alpha value is -2.08. The van der Waals surface area contributed by atoms with Crippen LogP contribution in [0, 0.1) is 0 Å². The number of nitrogens with one attached hydrogen (secondary N) is 1. The van der Waals surface area contributed by atoms with Gasteiger partial charge >= 0.3 is 0 Å². The van der Waals surface area contributed by atoms with Gasteiger partial charge in [-0.25, -0.2) is 9.67 Å². The van der Waals surface area contributed by atoms with Crippen LogP contribution in [0.1, 0.15) is 5.69 Å². The lowest BCUT2D eigenvalue weighted by Crippen LogP contribution is -2.15. The van der Waals surface area contributed by atoms with Crippen LogP contribution in [0.5, 0.6) is 0 Å². The molecule has 7 nitrogen and oxygen atoms in total. The molecule has 0 spiro atoms. The summed E-state index contributed by atoms with van der Waals surface area (Å²) in [4.78, 5) is 19.1. The molecule has 0 saturated carbocycles. The molecule has 0 aliphatic rings. The molecule has 28 heavy (non-hydrogen) atoms. The second-order valence-electron chi connectivity index (χ2n) is 5.67. The lowest BCUT2D eigenvalue weighted by molar-refractivity contribution is -0.115. The summed E-state index contributed by atoms with van der Waals surface area (Å²) in [7, 11) is 1.77. The van der Waals surface area contributed by atoms with Crippen molar-refractivity contribution in [3.8, 4) is 9.88 Å². The number of tetrazole rings is 1. The third kappa shape index (κ3) is 4.49. The summed E-state index contributed by atoms with van der Waals surface area (Å²) in [6, 6.07) is 9.71. The number of halogens is 1. The molecule has 1 aromatic carbocycles. The number of nitrogens with zero attached hydrogens (tertiary/aromatic N) is 5. The number of aryl methyl sites for hydroxylation is 1. The molecule has 0 saturated heterocycles. The summed E-state index contributed by atoms with van der Waals surface area (Å²) < 4.78 is 2.46. The van der Waals surface area contributed by atoms with Crippen molar-refractivity contribution in [2.75, 3.05) is 5.32 Å². The van der Waals surface area contributed by atoms with E-state index in [1.165, 1.54) is 11.8 Å². The molecule has 142 valence electrons. The smallest absolute Gasteiger partial charge is 0.230 e. The third-order valence-electron chi connectivity index (χ3n) is 3.62. The molecule has 0 radical (unpaired) electrons. The number of benzene rings is 1. The van der Waals surface area contributed by atoms with Gasteiger partial charge in [-0.1, -0.05) is 22.0 Å². The predicted octanol–water partition coefficient (Wildman–Crippen LogP) is 4.49. The monoisotopic (exact) mass is 492 g/mol. The minimum Gasteiger partial charge on any atom is -0.325 e. The van der Waals surface area contributed by atoms with Crippen LogP contribution in [0.3, 0.4) is 0 Å². The van der Waals surface area contributed by atoms with Crippen molar-refractivity contribution in [2.24, 2.45) is 7.05 Å². The fourth-order valence-corrected chi connectivity index (χ4v) is 5.15. The highest BCUT2D eigenvalue weighted by atomic mass is 79.9. The maximum Gasteiger partial charge on any atom is 0.230 e. The predicted molar refractivity (Wildman–Crippen MR) is 115 cm³/mol. The van der Waals surface area contributed by atoms with Crippen LogP contribution in [-0.4, -0.2) is 31.1 Å². The van der Waals surface area contributed by atoms with Gasteiger partial charge in [-0.3, -0.25) is 4.79 Å². The largest absolute Gasteiger partial charge is 0.325 e. The van der Waals surface area contributed by atoms with E-state index in [0.29, 0.717) is 10.8 Å². The first-order valence-electron chi connectivity index (χ1n) is 8.06. The van der Waals surface area contributed by atoms with E-state index < -0.39 is 0 Å². The minimum absolute atomic E-state index is 0.126. The Labute approximate surface area is 181 Å². The van der Waals surface area contributed by atoms with Gasteiger partial charge in [0.1, 0.15) is 5.01 Å². The molecule has 4 aromatic rings. The summed E-state index contributed by atoms with van der Waals surface area (Å²) in [6.45, 7) is 0. The van der Waals surface area contributed by atoms with Gasteiger partial charge in [-0.15, -0.1) is 27.8 Å². The van der Waals surface area contributed by atoms with Gasteiger partial charge in [0.25, 0.3) is 0 Å². The van der Waals surface area contributed by atoms with Gasteiger partial charge in [0.05, 0.1) is 22.7 Å². The molecular weight excluding hydrogens is 480 g/mol. The van der Waals surface area contributed by atoms with E-state index in [0.717, 1.165) is 24.9 Å². The zero-order valence-corrected chi connectivity index (χ0v) is 18.5. The number of hydrogen-bond donors (Lipinski definition) is 1. The Morgan fingerprint density at radius 2 is 2.21 bits per heavy atom. The highest BCUT2D eigenvalue weighted by molar-refractivity contribution is 9.10. The molecule has 0 bridgehead atoms. The number of hydrogen-bond acceptors (Lipinski definition) is 8. The van der Waals surface area contributed by atoms with E-state index in [1.54, 1.807) is 34.4 Å². The van der Waals surface area contributed by atoms with E-state index in [9.17, 15) is 4.79 Å². The Bertz CT molecular complexity index is 1110. The van der Waals surface area contributed by atoms with Crippen molar-refractivity contribution in [3.63, 3.8) is 0 Å². The molecule has 11 heteroatoms. The molecular formula is C17H13BrN6OS3. The minimum atomic E-state index is -0.126. The van der Waals surface area contributed by atoms with Gasteiger partial charge in [-0.05, 0) is 51.8 Å².